The Morgan fingerprint density at radius 1 is 1.41 bits per heavy atom. The van der Waals surface area contributed by atoms with E-state index in [2.05, 4.69) is 0 Å². The molecular weight excluding hydrogens is 244 g/mol. The highest BCUT2D eigenvalue weighted by Gasteiger charge is 2.22. The zero-order chi connectivity index (χ0) is 13.1. The molecule has 0 spiro atoms. The molecule has 0 aliphatic carbocycles. The number of hydrogen-bond donors (Lipinski definition) is 1. The molecule has 1 rings (SSSR count). The first kappa shape index (κ1) is 13.6. The highest BCUT2D eigenvalue weighted by Crippen LogP contribution is 2.26. The van der Waals surface area contributed by atoms with Crippen molar-refractivity contribution in [3.05, 3.63) is 33.9 Å². The van der Waals surface area contributed by atoms with E-state index in [0.717, 1.165) is 6.42 Å². The van der Waals surface area contributed by atoms with Gasteiger partial charge in [-0.3, -0.25) is 10.1 Å². The summed E-state index contributed by atoms with van der Waals surface area (Å²) in [6.45, 7) is 1.92. The SMILES string of the molecule is CCCCc1c([N+](=O)[O-])cccc1S(N)(=O)=O. The normalized spacial score (nSPS) is 11.4. The summed E-state index contributed by atoms with van der Waals surface area (Å²) in [5, 5.41) is 15.9. The van der Waals surface area contributed by atoms with Gasteiger partial charge in [0.2, 0.25) is 10.0 Å². The number of primary sulfonamides is 1. The Morgan fingerprint density at radius 3 is 2.53 bits per heavy atom. The minimum Gasteiger partial charge on any atom is -0.258 e. The molecule has 0 bridgehead atoms. The molecule has 94 valence electrons. The highest BCUT2D eigenvalue weighted by molar-refractivity contribution is 7.89. The van der Waals surface area contributed by atoms with E-state index in [9.17, 15) is 18.5 Å². The van der Waals surface area contributed by atoms with E-state index in [-0.39, 0.29) is 16.1 Å². The number of nitro groups is 1. The maximum Gasteiger partial charge on any atom is 0.273 e. The lowest BCUT2D eigenvalue weighted by atomic mass is 10.1. The summed E-state index contributed by atoms with van der Waals surface area (Å²) in [4.78, 5) is 10.1. The lowest BCUT2D eigenvalue weighted by molar-refractivity contribution is -0.385. The maximum atomic E-state index is 11.3. The van der Waals surface area contributed by atoms with Crippen molar-refractivity contribution in [3.63, 3.8) is 0 Å². The second-order valence-electron chi connectivity index (χ2n) is 3.66. The van der Waals surface area contributed by atoms with Crippen molar-refractivity contribution in [1.29, 1.82) is 0 Å². The Bertz CT molecular complexity index is 525. The molecule has 0 fully saturated rings. The molecule has 6 nitrogen and oxygen atoms in total. The van der Waals surface area contributed by atoms with Crippen molar-refractivity contribution >= 4 is 15.7 Å². The summed E-state index contributed by atoms with van der Waals surface area (Å²) >= 11 is 0. The molecule has 0 unspecified atom stereocenters. The summed E-state index contributed by atoms with van der Waals surface area (Å²) in [6.07, 6.45) is 1.82. The Morgan fingerprint density at radius 2 is 2.06 bits per heavy atom. The Kier molecular flexibility index (Phi) is 4.19. The second kappa shape index (κ2) is 5.24. The van der Waals surface area contributed by atoms with Gasteiger partial charge in [-0.05, 0) is 18.9 Å². The molecule has 0 aromatic heterocycles. The van der Waals surface area contributed by atoms with Crippen LogP contribution in [0, 0.1) is 10.1 Å². The van der Waals surface area contributed by atoms with E-state index in [0.29, 0.717) is 12.8 Å². The van der Waals surface area contributed by atoms with E-state index in [1.807, 2.05) is 6.92 Å². The number of nitrogens with two attached hydrogens (primary N) is 1. The number of rotatable bonds is 5. The number of benzene rings is 1. The van der Waals surface area contributed by atoms with Crippen molar-refractivity contribution in [2.75, 3.05) is 0 Å². The van der Waals surface area contributed by atoms with E-state index in [1.54, 1.807) is 0 Å². The van der Waals surface area contributed by atoms with Crippen LogP contribution in [0.4, 0.5) is 5.69 Å². The minimum absolute atomic E-state index is 0.153. The lowest BCUT2D eigenvalue weighted by Crippen LogP contribution is -2.15. The number of nitrogens with zero attached hydrogens (tertiary/aromatic N) is 1. The summed E-state index contributed by atoms with van der Waals surface area (Å²) in [7, 11) is -3.92. The van der Waals surface area contributed by atoms with Gasteiger partial charge in [0, 0.05) is 11.6 Å². The second-order valence-corrected chi connectivity index (χ2v) is 5.19. The van der Waals surface area contributed by atoms with Crippen molar-refractivity contribution in [2.24, 2.45) is 5.14 Å². The monoisotopic (exact) mass is 258 g/mol. The van der Waals surface area contributed by atoms with Gasteiger partial charge in [0.25, 0.3) is 5.69 Å². The highest BCUT2D eigenvalue weighted by atomic mass is 32.2. The molecule has 0 saturated carbocycles. The first-order valence-electron chi connectivity index (χ1n) is 5.17. The predicted octanol–water partition coefficient (Wildman–Crippen LogP) is 1.58. The molecule has 17 heavy (non-hydrogen) atoms. The predicted molar refractivity (Wildman–Crippen MR) is 63.1 cm³/mol. The molecule has 7 heteroatoms. The minimum atomic E-state index is -3.92. The van der Waals surface area contributed by atoms with Gasteiger partial charge in [0.15, 0.2) is 0 Å². The van der Waals surface area contributed by atoms with E-state index in [4.69, 9.17) is 5.14 Å². The van der Waals surface area contributed by atoms with Crippen LogP contribution >= 0.6 is 0 Å². The third-order valence-electron chi connectivity index (χ3n) is 2.39. The standard InChI is InChI=1S/C10H14N2O4S/c1-2-3-5-8-9(12(13)14)6-4-7-10(8)17(11,15)16/h4,6-7H,2-3,5H2,1H3,(H2,11,15,16). The van der Waals surface area contributed by atoms with Crippen LogP contribution < -0.4 is 5.14 Å². The van der Waals surface area contributed by atoms with Gasteiger partial charge in [0.05, 0.1) is 9.82 Å². The number of unbranched alkanes of at least 4 members (excludes halogenated alkanes) is 1. The van der Waals surface area contributed by atoms with Crippen molar-refractivity contribution in [1.82, 2.24) is 0 Å². The first-order chi connectivity index (χ1) is 7.88. The van der Waals surface area contributed by atoms with Crippen molar-refractivity contribution in [2.45, 2.75) is 31.1 Å². The molecule has 0 amide bonds. The maximum absolute atomic E-state index is 11.3. The van der Waals surface area contributed by atoms with Crippen LogP contribution in [0.25, 0.3) is 0 Å². The number of hydrogen-bond acceptors (Lipinski definition) is 4. The summed E-state index contributed by atoms with van der Waals surface area (Å²) in [6, 6.07) is 3.92. The topological polar surface area (TPSA) is 103 Å². The average molecular weight is 258 g/mol. The van der Waals surface area contributed by atoms with Crippen LogP contribution in [0.15, 0.2) is 23.1 Å². The third-order valence-corrected chi connectivity index (χ3v) is 3.39. The Labute approximate surface area is 99.6 Å². The molecule has 0 saturated heterocycles. The van der Waals surface area contributed by atoms with Crippen LogP contribution in [0.5, 0.6) is 0 Å². The fourth-order valence-corrected chi connectivity index (χ4v) is 2.41. The zero-order valence-corrected chi connectivity index (χ0v) is 10.2. The fraction of sp³-hybridized carbons (Fsp3) is 0.400. The van der Waals surface area contributed by atoms with E-state index >= 15 is 0 Å². The van der Waals surface area contributed by atoms with Crippen molar-refractivity contribution in [3.8, 4) is 0 Å². The molecular formula is C10H14N2O4S. The number of nitro benzene ring substituents is 1. The molecule has 0 radical (unpaired) electrons. The van der Waals surface area contributed by atoms with Crippen molar-refractivity contribution < 1.29 is 13.3 Å². The van der Waals surface area contributed by atoms with Gasteiger partial charge < -0.3 is 0 Å². The van der Waals surface area contributed by atoms with Gasteiger partial charge in [-0.25, -0.2) is 13.6 Å². The molecule has 1 aromatic rings. The molecule has 0 aliphatic heterocycles. The van der Waals surface area contributed by atoms with Crippen LogP contribution in [0.2, 0.25) is 0 Å². The first-order valence-corrected chi connectivity index (χ1v) is 6.71. The van der Waals surface area contributed by atoms with Crippen LogP contribution in [0.1, 0.15) is 25.3 Å². The summed E-state index contributed by atoms with van der Waals surface area (Å²) < 4.78 is 22.7. The number of sulfonamides is 1. The molecule has 0 atom stereocenters. The van der Waals surface area contributed by atoms with Crippen LogP contribution in [-0.4, -0.2) is 13.3 Å². The van der Waals surface area contributed by atoms with Gasteiger partial charge in [0.1, 0.15) is 0 Å². The van der Waals surface area contributed by atoms with Gasteiger partial charge in [-0.1, -0.05) is 19.4 Å². The average Bonchev–Trinajstić information content (AvgIpc) is 2.24. The van der Waals surface area contributed by atoms with E-state index < -0.39 is 14.9 Å². The van der Waals surface area contributed by atoms with Gasteiger partial charge in [-0.2, -0.15) is 0 Å². The Balaban J connectivity index is 3.40. The quantitative estimate of drug-likeness (QED) is 0.639. The van der Waals surface area contributed by atoms with Gasteiger partial charge >= 0.3 is 0 Å². The summed E-state index contributed by atoms with van der Waals surface area (Å²) in [5.41, 5.74) is 0.00632. The van der Waals surface area contributed by atoms with E-state index in [1.165, 1.54) is 18.2 Å². The van der Waals surface area contributed by atoms with Crippen LogP contribution in [0.3, 0.4) is 0 Å². The smallest absolute Gasteiger partial charge is 0.258 e. The molecule has 2 N–H and O–H groups in total. The molecule has 0 aliphatic rings. The zero-order valence-electron chi connectivity index (χ0n) is 9.42. The fourth-order valence-electron chi connectivity index (χ4n) is 1.60. The largest absolute Gasteiger partial charge is 0.273 e. The summed E-state index contributed by atoms with van der Waals surface area (Å²) in [5.74, 6) is 0. The van der Waals surface area contributed by atoms with Crippen LogP contribution in [-0.2, 0) is 16.4 Å². The lowest BCUT2D eigenvalue weighted by Gasteiger charge is -2.07. The van der Waals surface area contributed by atoms with Gasteiger partial charge in [-0.15, -0.1) is 0 Å². The third kappa shape index (κ3) is 3.24. The Hall–Kier alpha value is -1.47. The molecule has 1 aromatic carbocycles. The molecule has 0 heterocycles.